The van der Waals surface area contributed by atoms with Gasteiger partial charge in [-0.05, 0) is 6.92 Å². The van der Waals surface area contributed by atoms with Crippen LogP contribution in [0.3, 0.4) is 0 Å². The summed E-state index contributed by atoms with van der Waals surface area (Å²) in [5.41, 5.74) is 5.72. The number of anilines is 1. The van der Waals surface area contributed by atoms with Gasteiger partial charge in [0.05, 0.1) is 6.10 Å². The van der Waals surface area contributed by atoms with Crippen LogP contribution in [0.5, 0.6) is 0 Å². The third-order valence-electron chi connectivity index (χ3n) is 1.91. The number of ether oxygens (including phenoxy) is 1. The molecule has 1 rings (SSSR count). The summed E-state index contributed by atoms with van der Waals surface area (Å²) in [6.07, 6.45) is 3.11. The maximum Gasteiger partial charge on any atom is 0.155 e. The van der Waals surface area contributed by atoms with Crippen molar-refractivity contribution in [3.8, 4) is 0 Å². The Morgan fingerprint density at radius 1 is 1.60 bits per heavy atom. The fourth-order valence-electron chi connectivity index (χ4n) is 0.988. The maximum atomic E-state index is 7.31. The highest BCUT2D eigenvalue weighted by molar-refractivity contribution is 5.97. The van der Waals surface area contributed by atoms with E-state index in [2.05, 4.69) is 15.3 Å². The predicted molar refractivity (Wildman–Crippen MR) is 58.0 cm³/mol. The fraction of sp³-hybridized carbons (Fsp3) is 0.444. The van der Waals surface area contributed by atoms with Crippen LogP contribution in [0, 0.1) is 5.41 Å². The Labute approximate surface area is 88.4 Å². The number of nitrogens with zero attached hydrogens (tertiary/aromatic N) is 2. The van der Waals surface area contributed by atoms with E-state index >= 15 is 0 Å². The molecule has 0 spiro atoms. The van der Waals surface area contributed by atoms with Gasteiger partial charge in [-0.15, -0.1) is 0 Å². The van der Waals surface area contributed by atoms with Gasteiger partial charge in [0.15, 0.2) is 5.82 Å². The van der Waals surface area contributed by atoms with Crippen molar-refractivity contribution in [3.63, 3.8) is 0 Å². The molecule has 0 saturated carbocycles. The average molecular weight is 209 g/mol. The molecule has 1 aromatic heterocycles. The summed E-state index contributed by atoms with van der Waals surface area (Å²) in [5.74, 6) is 0.407. The highest BCUT2D eigenvalue weighted by Crippen LogP contribution is 2.07. The molecule has 0 aliphatic heterocycles. The summed E-state index contributed by atoms with van der Waals surface area (Å²) >= 11 is 0. The second-order valence-corrected chi connectivity index (χ2v) is 3.09. The zero-order chi connectivity index (χ0) is 11.3. The van der Waals surface area contributed by atoms with Crippen LogP contribution in [0.1, 0.15) is 12.6 Å². The molecule has 4 N–H and O–H groups in total. The Hall–Kier alpha value is -1.69. The monoisotopic (exact) mass is 209 g/mol. The number of nitrogen functional groups attached to an aromatic ring is 1. The maximum absolute atomic E-state index is 7.31. The van der Waals surface area contributed by atoms with Crippen molar-refractivity contribution in [2.75, 3.05) is 19.0 Å². The molecule has 1 atom stereocenters. The SMILES string of the molecule is COC(C)CNc1nccnc1C(=N)N. The van der Waals surface area contributed by atoms with E-state index in [1.54, 1.807) is 13.3 Å². The van der Waals surface area contributed by atoms with Gasteiger partial charge < -0.3 is 15.8 Å². The van der Waals surface area contributed by atoms with Crippen molar-refractivity contribution in [2.45, 2.75) is 13.0 Å². The molecule has 6 heteroatoms. The largest absolute Gasteiger partial charge is 0.382 e. The van der Waals surface area contributed by atoms with Crippen molar-refractivity contribution < 1.29 is 4.74 Å². The third kappa shape index (κ3) is 3.17. The van der Waals surface area contributed by atoms with Crippen LogP contribution in [0.2, 0.25) is 0 Å². The van der Waals surface area contributed by atoms with E-state index in [9.17, 15) is 0 Å². The molecule has 0 saturated heterocycles. The molecule has 0 bridgehead atoms. The van der Waals surface area contributed by atoms with Gasteiger partial charge in [0.25, 0.3) is 0 Å². The van der Waals surface area contributed by atoms with Gasteiger partial charge in [-0.25, -0.2) is 9.97 Å². The van der Waals surface area contributed by atoms with Crippen LogP contribution in [-0.2, 0) is 4.74 Å². The first-order chi connectivity index (χ1) is 7.15. The Balaban J connectivity index is 2.72. The summed E-state index contributed by atoms with van der Waals surface area (Å²) in [6, 6.07) is 0. The van der Waals surface area contributed by atoms with Gasteiger partial charge in [-0.3, -0.25) is 5.41 Å². The molecule has 1 heterocycles. The molecule has 82 valence electrons. The zero-order valence-corrected chi connectivity index (χ0v) is 8.82. The molecule has 0 aliphatic carbocycles. The molecule has 0 aromatic carbocycles. The molecule has 0 radical (unpaired) electrons. The topological polar surface area (TPSA) is 96.9 Å². The molecule has 6 nitrogen and oxygen atoms in total. The number of rotatable bonds is 5. The van der Waals surface area contributed by atoms with Gasteiger partial charge in [0.1, 0.15) is 11.5 Å². The molecule has 0 aliphatic rings. The quantitative estimate of drug-likeness (QED) is 0.475. The smallest absolute Gasteiger partial charge is 0.155 e. The third-order valence-corrected chi connectivity index (χ3v) is 1.91. The molecule has 1 unspecified atom stereocenters. The summed E-state index contributed by atoms with van der Waals surface area (Å²) in [4.78, 5) is 8.02. The second-order valence-electron chi connectivity index (χ2n) is 3.09. The summed E-state index contributed by atoms with van der Waals surface area (Å²) in [5, 5.41) is 10.3. The van der Waals surface area contributed by atoms with Crippen LogP contribution in [0.4, 0.5) is 5.82 Å². The first kappa shape index (κ1) is 11.4. The number of nitrogens with one attached hydrogen (secondary N) is 2. The zero-order valence-electron chi connectivity index (χ0n) is 8.82. The van der Waals surface area contributed by atoms with E-state index in [1.165, 1.54) is 6.20 Å². The minimum Gasteiger partial charge on any atom is -0.382 e. The van der Waals surface area contributed by atoms with Crippen LogP contribution in [0.15, 0.2) is 12.4 Å². The molecule has 0 amide bonds. The lowest BCUT2D eigenvalue weighted by Gasteiger charge is -2.12. The van der Waals surface area contributed by atoms with Gasteiger partial charge in [0.2, 0.25) is 0 Å². The van der Waals surface area contributed by atoms with E-state index in [-0.39, 0.29) is 11.9 Å². The van der Waals surface area contributed by atoms with E-state index in [0.717, 1.165) is 0 Å². The van der Waals surface area contributed by atoms with E-state index < -0.39 is 0 Å². The molecular weight excluding hydrogens is 194 g/mol. The Bertz CT molecular complexity index is 341. The molecular formula is C9H15N5O. The molecule has 15 heavy (non-hydrogen) atoms. The Kier molecular flexibility index (Phi) is 3.99. The van der Waals surface area contributed by atoms with Crippen LogP contribution >= 0.6 is 0 Å². The van der Waals surface area contributed by atoms with Gasteiger partial charge in [-0.2, -0.15) is 0 Å². The van der Waals surface area contributed by atoms with Gasteiger partial charge in [-0.1, -0.05) is 0 Å². The molecule has 0 fully saturated rings. The lowest BCUT2D eigenvalue weighted by atomic mass is 10.3. The summed E-state index contributed by atoms with van der Waals surface area (Å²) in [7, 11) is 1.63. The average Bonchev–Trinajstić information content (AvgIpc) is 2.26. The van der Waals surface area contributed by atoms with Crippen molar-refractivity contribution in [1.82, 2.24) is 9.97 Å². The number of nitrogens with two attached hydrogens (primary N) is 1. The lowest BCUT2D eigenvalue weighted by Crippen LogP contribution is -2.22. The Morgan fingerprint density at radius 2 is 2.27 bits per heavy atom. The number of amidine groups is 1. The van der Waals surface area contributed by atoms with Crippen LogP contribution in [-0.4, -0.2) is 35.6 Å². The van der Waals surface area contributed by atoms with E-state index in [1.807, 2.05) is 6.92 Å². The van der Waals surface area contributed by atoms with E-state index in [0.29, 0.717) is 18.1 Å². The van der Waals surface area contributed by atoms with Crippen LogP contribution in [0.25, 0.3) is 0 Å². The fourth-order valence-corrected chi connectivity index (χ4v) is 0.988. The normalized spacial score (nSPS) is 12.1. The highest BCUT2D eigenvalue weighted by Gasteiger charge is 2.08. The predicted octanol–water partition coefficient (Wildman–Crippen LogP) is 0.207. The van der Waals surface area contributed by atoms with Crippen molar-refractivity contribution in [3.05, 3.63) is 18.1 Å². The first-order valence-electron chi connectivity index (χ1n) is 4.57. The first-order valence-corrected chi connectivity index (χ1v) is 4.57. The second kappa shape index (κ2) is 5.26. The number of aromatic nitrogens is 2. The minimum absolute atomic E-state index is 0.0619. The number of methoxy groups -OCH3 is 1. The summed E-state index contributed by atoms with van der Waals surface area (Å²) < 4.78 is 5.08. The van der Waals surface area contributed by atoms with Gasteiger partial charge >= 0.3 is 0 Å². The number of hydrogen-bond donors (Lipinski definition) is 3. The van der Waals surface area contributed by atoms with E-state index in [4.69, 9.17) is 15.9 Å². The minimum atomic E-state index is -0.101. The standard InChI is InChI=1S/C9H15N5O/c1-6(15-2)5-14-9-7(8(10)11)12-3-4-13-9/h3-4,6H,5H2,1-2H3,(H3,10,11)(H,13,14). The van der Waals surface area contributed by atoms with Crippen molar-refractivity contribution >= 4 is 11.7 Å². The van der Waals surface area contributed by atoms with Crippen molar-refractivity contribution in [2.24, 2.45) is 5.73 Å². The Morgan fingerprint density at radius 3 is 2.87 bits per heavy atom. The highest BCUT2D eigenvalue weighted by atomic mass is 16.5. The summed E-state index contributed by atoms with van der Waals surface area (Å²) in [6.45, 7) is 2.52. The van der Waals surface area contributed by atoms with Gasteiger partial charge in [0, 0.05) is 26.0 Å². The van der Waals surface area contributed by atoms with Crippen molar-refractivity contribution in [1.29, 1.82) is 5.41 Å². The van der Waals surface area contributed by atoms with Crippen LogP contribution < -0.4 is 11.1 Å². The number of hydrogen-bond acceptors (Lipinski definition) is 5. The molecule has 1 aromatic rings. The lowest BCUT2D eigenvalue weighted by molar-refractivity contribution is 0.128.